The summed E-state index contributed by atoms with van der Waals surface area (Å²) in [5.41, 5.74) is 1.28. The van der Waals surface area contributed by atoms with E-state index in [-0.39, 0.29) is 6.54 Å². The summed E-state index contributed by atoms with van der Waals surface area (Å²) in [6, 6.07) is 0. The first-order chi connectivity index (χ1) is 6.84. The van der Waals surface area contributed by atoms with Gasteiger partial charge < -0.3 is 9.64 Å². The largest absolute Gasteiger partial charge is 0.362 e. The third kappa shape index (κ3) is 5.27. The van der Waals surface area contributed by atoms with Crippen molar-refractivity contribution in [2.45, 2.75) is 16.9 Å². The van der Waals surface area contributed by atoms with Crippen molar-refractivity contribution >= 4 is 52.3 Å². The summed E-state index contributed by atoms with van der Waals surface area (Å²) < 4.78 is 2.98. The first kappa shape index (κ1) is 15.3. The molecule has 1 amide bonds. The van der Waals surface area contributed by atoms with Crippen LogP contribution in [0, 0.1) is 0 Å². The number of methoxy groups -OCH3 is 1. The molecule has 88 valence electrons. The number of hydrogen-bond donors (Lipinski definition) is 0. The molecule has 15 heavy (non-hydrogen) atoms. The summed E-state index contributed by atoms with van der Waals surface area (Å²) in [5.74, 6) is -0.656. The molecule has 1 atom stereocenters. The second-order valence-corrected chi connectivity index (χ2v) is 5.19. The van der Waals surface area contributed by atoms with Crippen LogP contribution in [0.25, 0.3) is 0 Å². The Morgan fingerprint density at radius 2 is 2.07 bits per heavy atom. The van der Waals surface area contributed by atoms with Crippen LogP contribution in [0.15, 0.2) is 11.6 Å². The number of amides is 1. The van der Waals surface area contributed by atoms with Crippen LogP contribution in [0.1, 0.15) is 6.92 Å². The normalized spacial score (nSPS) is 14.3. The number of alkyl halides is 3. The van der Waals surface area contributed by atoms with Crippen LogP contribution in [0.2, 0.25) is 0 Å². The summed E-state index contributed by atoms with van der Waals surface area (Å²) in [5, 5.41) is 0. The van der Waals surface area contributed by atoms with Gasteiger partial charge in [-0.25, -0.2) is 0 Å². The average Bonchev–Trinajstić information content (AvgIpc) is 2.16. The predicted molar refractivity (Wildman–Crippen MR) is 63.5 cm³/mol. The smallest absolute Gasteiger partial charge is 0.277 e. The second kappa shape index (κ2) is 6.81. The van der Waals surface area contributed by atoms with E-state index in [2.05, 4.69) is 0 Å². The Labute approximate surface area is 109 Å². The molecule has 0 spiro atoms. The molecular formula is C8H11Cl4NO2. The van der Waals surface area contributed by atoms with Gasteiger partial charge in [0.1, 0.15) is 6.23 Å². The van der Waals surface area contributed by atoms with Crippen LogP contribution in [0.3, 0.4) is 0 Å². The molecule has 0 aromatic rings. The maximum Gasteiger partial charge on any atom is 0.277 e. The molecule has 0 rings (SSSR count). The molecule has 0 saturated carbocycles. The summed E-state index contributed by atoms with van der Waals surface area (Å²) in [4.78, 5) is 12.9. The first-order valence-electron chi connectivity index (χ1n) is 4.00. The molecule has 0 bridgehead atoms. The molecule has 0 aliphatic rings. The van der Waals surface area contributed by atoms with Crippen LogP contribution < -0.4 is 0 Å². The van der Waals surface area contributed by atoms with Crippen molar-refractivity contribution in [2.75, 3.05) is 13.7 Å². The van der Waals surface area contributed by atoms with Gasteiger partial charge in [-0.2, -0.15) is 0 Å². The van der Waals surface area contributed by atoms with Gasteiger partial charge in [-0.05, 0) is 6.92 Å². The van der Waals surface area contributed by atoms with Crippen molar-refractivity contribution in [1.82, 2.24) is 4.90 Å². The molecular weight excluding hydrogens is 284 g/mol. The zero-order chi connectivity index (χ0) is 12.1. The lowest BCUT2D eigenvalue weighted by Gasteiger charge is -2.29. The zero-order valence-electron chi connectivity index (χ0n) is 8.21. The molecule has 3 nitrogen and oxygen atoms in total. The zero-order valence-corrected chi connectivity index (χ0v) is 11.2. The predicted octanol–water partition coefficient (Wildman–Crippen LogP) is 2.93. The van der Waals surface area contributed by atoms with Crippen molar-refractivity contribution in [3.05, 3.63) is 11.6 Å². The van der Waals surface area contributed by atoms with Crippen LogP contribution in [-0.2, 0) is 9.53 Å². The Kier molecular flexibility index (Phi) is 6.96. The van der Waals surface area contributed by atoms with Gasteiger partial charge in [-0.15, -0.1) is 0 Å². The van der Waals surface area contributed by atoms with Gasteiger partial charge in [0.15, 0.2) is 0 Å². The van der Waals surface area contributed by atoms with Crippen molar-refractivity contribution < 1.29 is 9.53 Å². The molecule has 0 radical (unpaired) electrons. The molecule has 0 aromatic carbocycles. The fourth-order valence-electron chi connectivity index (χ4n) is 0.840. The lowest BCUT2D eigenvalue weighted by Crippen LogP contribution is -2.45. The SMILES string of the molecule is COC(C)N(C/C=C/Cl)C(=O)C(Cl)(Cl)Cl. The van der Waals surface area contributed by atoms with Crippen LogP contribution >= 0.6 is 46.4 Å². The summed E-state index contributed by atoms with van der Waals surface area (Å²) >= 11 is 21.8. The fraction of sp³-hybridized carbons (Fsp3) is 0.625. The molecule has 0 aromatic heterocycles. The number of halogens is 4. The molecule has 0 aliphatic carbocycles. The maximum atomic E-state index is 11.6. The van der Waals surface area contributed by atoms with E-state index in [0.29, 0.717) is 0 Å². The van der Waals surface area contributed by atoms with E-state index in [1.54, 1.807) is 13.0 Å². The van der Waals surface area contributed by atoms with Gasteiger partial charge >= 0.3 is 0 Å². The van der Waals surface area contributed by atoms with E-state index >= 15 is 0 Å². The highest BCUT2D eigenvalue weighted by Crippen LogP contribution is 2.29. The molecule has 7 heteroatoms. The minimum atomic E-state index is -1.99. The lowest BCUT2D eigenvalue weighted by atomic mass is 10.4. The first-order valence-corrected chi connectivity index (χ1v) is 5.57. The van der Waals surface area contributed by atoms with Crippen molar-refractivity contribution in [3.63, 3.8) is 0 Å². The Balaban J connectivity index is 4.70. The molecule has 0 heterocycles. The van der Waals surface area contributed by atoms with Gasteiger partial charge in [-0.1, -0.05) is 52.5 Å². The molecule has 0 fully saturated rings. The number of ether oxygens (including phenoxy) is 1. The number of rotatable bonds is 4. The van der Waals surface area contributed by atoms with Gasteiger partial charge in [0.05, 0.1) is 0 Å². The molecule has 0 aliphatic heterocycles. The average molecular weight is 295 g/mol. The minimum Gasteiger partial charge on any atom is -0.362 e. The number of nitrogens with zero attached hydrogens (tertiary/aromatic N) is 1. The number of carbonyl (C=O) groups excluding carboxylic acids is 1. The van der Waals surface area contributed by atoms with E-state index < -0.39 is 15.9 Å². The quantitative estimate of drug-likeness (QED) is 0.589. The number of carbonyl (C=O) groups is 1. The summed E-state index contributed by atoms with van der Waals surface area (Å²) in [6.07, 6.45) is 1.05. The monoisotopic (exact) mass is 293 g/mol. The summed E-state index contributed by atoms with van der Waals surface area (Å²) in [6.45, 7) is 1.88. The number of hydrogen-bond acceptors (Lipinski definition) is 2. The lowest BCUT2D eigenvalue weighted by molar-refractivity contribution is -0.140. The Bertz CT molecular complexity index is 239. The molecule has 1 unspecified atom stereocenters. The van der Waals surface area contributed by atoms with Crippen LogP contribution in [0.5, 0.6) is 0 Å². The highest BCUT2D eigenvalue weighted by molar-refractivity contribution is 6.76. The standard InChI is InChI=1S/C8H11Cl4NO2/c1-6(15-2)13(5-3-4-9)7(14)8(10,11)12/h3-4,6H,5H2,1-2H3/b4-3+. The van der Waals surface area contributed by atoms with Gasteiger partial charge in [0.2, 0.25) is 0 Å². The van der Waals surface area contributed by atoms with E-state index in [0.717, 1.165) is 0 Å². The minimum absolute atomic E-state index is 0.214. The molecule has 0 N–H and O–H groups in total. The fourth-order valence-corrected chi connectivity index (χ4v) is 1.25. The Hall–Kier alpha value is 0.330. The van der Waals surface area contributed by atoms with Crippen LogP contribution in [0.4, 0.5) is 0 Å². The van der Waals surface area contributed by atoms with Crippen LogP contribution in [-0.4, -0.2) is 34.5 Å². The van der Waals surface area contributed by atoms with Crippen molar-refractivity contribution in [3.8, 4) is 0 Å². The van der Waals surface area contributed by atoms with Crippen molar-refractivity contribution in [1.29, 1.82) is 0 Å². The van der Waals surface area contributed by atoms with E-state index in [1.807, 2.05) is 0 Å². The van der Waals surface area contributed by atoms with Gasteiger partial charge in [-0.3, -0.25) is 4.79 Å². The Morgan fingerprint density at radius 3 is 2.40 bits per heavy atom. The van der Waals surface area contributed by atoms with Crippen molar-refractivity contribution in [2.24, 2.45) is 0 Å². The third-order valence-corrected chi connectivity index (χ3v) is 2.34. The Morgan fingerprint density at radius 1 is 1.53 bits per heavy atom. The third-order valence-electron chi connectivity index (χ3n) is 1.67. The van der Waals surface area contributed by atoms with E-state index in [9.17, 15) is 4.79 Å². The van der Waals surface area contributed by atoms with E-state index in [1.165, 1.54) is 17.5 Å². The molecule has 0 saturated heterocycles. The van der Waals surface area contributed by atoms with Gasteiger partial charge in [0.25, 0.3) is 9.70 Å². The maximum absolute atomic E-state index is 11.6. The van der Waals surface area contributed by atoms with Gasteiger partial charge in [0, 0.05) is 19.2 Å². The second-order valence-electron chi connectivity index (χ2n) is 2.65. The summed E-state index contributed by atoms with van der Waals surface area (Å²) in [7, 11) is 1.45. The highest BCUT2D eigenvalue weighted by atomic mass is 35.6. The highest BCUT2D eigenvalue weighted by Gasteiger charge is 2.36. The van der Waals surface area contributed by atoms with E-state index in [4.69, 9.17) is 51.1 Å². The topological polar surface area (TPSA) is 29.5 Å².